The third-order valence-electron chi connectivity index (χ3n) is 4.98. The van der Waals surface area contributed by atoms with E-state index in [2.05, 4.69) is 5.32 Å². The molecule has 4 heteroatoms. The van der Waals surface area contributed by atoms with Crippen LogP contribution >= 0.6 is 0 Å². The normalized spacial score (nSPS) is 14.6. The molecular formula is C23H29NO3. The van der Waals surface area contributed by atoms with Gasteiger partial charge in [-0.15, -0.1) is 0 Å². The highest BCUT2D eigenvalue weighted by atomic mass is 16.5. The summed E-state index contributed by atoms with van der Waals surface area (Å²) in [6.45, 7) is 4.94. The Morgan fingerprint density at radius 1 is 1.04 bits per heavy atom. The van der Waals surface area contributed by atoms with Gasteiger partial charge in [0.15, 0.2) is 0 Å². The van der Waals surface area contributed by atoms with Crippen LogP contribution in [0.1, 0.15) is 60.5 Å². The van der Waals surface area contributed by atoms with E-state index >= 15 is 0 Å². The lowest BCUT2D eigenvalue weighted by atomic mass is 9.95. The van der Waals surface area contributed by atoms with Crippen LogP contribution in [0.3, 0.4) is 0 Å². The van der Waals surface area contributed by atoms with Gasteiger partial charge < -0.3 is 14.8 Å². The Kier molecular flexibility index (Phi) is 6.74. The summed E-state index contributed by atoms with van der Waals surface area (Å²) in [4.78, 5) is 12.7. The zero-order valence-corrected chi connectivity index (χ0v) is 16.3. The molecule has 3 rings (SSSR count). The summed E-state index contributed by atoms with van der Waals surface area (Å²) in [7, 11) is 0. The molecule has 0 aliphatic heterocycles. The fraction of sp³-hybridized carbons (Fsp3) is 0.435. The molecule has 2 aromatic rings. The molecule has 0 spiro atoms. The zero-order valence-electron chi connectivity index (χ0n) is 16.3. The number of benzene rings is 2. The smallest absolute Gasteiger partial charge is 0.251 e. The molecule has 1 saturated carbocycles. The topological polar surface area (TPSA) is 47.6 Å². The van der Waals surface area contributed by atoms with Crippen molar-refractivity contribution in [2.45, 2.75) is 58.6 Å². The summed E-state index contributed by atoms with van der Waals surface area (Å²) < 4.78 is 11.6. The minimum absolute atomic E-state index is 0.0125. The monoisotopic (exact) mass is 367 g/mol. The van der Waals surface area contributed by atoms with E-state index in [1.165, 1.54) is 24.8 Å². The van der Waals surface area contributed by atoms with Gasteiger partial charge in [0.2, 0.25) is 0 Å². The lowest BCUT2D eigenvalue weighted by molar-refractivity contribution is 0.0927. The molecule has 4 nitrogen and oxygen atoms in total. The molecule has 1 fully saturated rings. The van der Waals surface area contributed by atoms with Crippen molar-refractivity contribution >= 4 is 5.91 Å². The van der Waals surface area contributed by atoms with Crippen LogP contribution in [-0.4, -0.2) is 18.6 Å². The van der Waals surface area contributed by atoms with Crippen LogP contribution in [0.5, 0.6) is 11.5 Å². The van der Waals surface area contributed by atoms with E-state index in [9.17, 15) is 4.79 Å². The predicted molar refractivity (Wildman–Crippen MR) is 107 cm³/mol. The van der Waals surface area contributed by atoms with Crippen LogP contribution in [-0.2, 0) is 6.61 Å². The van der Waals surface area contributed by atoms with Gasteiger partial charge in [0, 0.05) is 17.2 Å². The Labute approximate surface area is 161 Å². The molecule has 1 N–H and O–H groups in total. The van der Waals surface area contributed by atoms with E-state index in [1.807, 2.05) is 56.3 Å². The number of ether oxygens (including phenoxy) is 2. The fourth-order valence-corrected chi connectivity index (χ4v) is 3.44. The first-order valence-corrected chi connectivity index (χ1v) is 9.91. The van der Waals surface area contributed by atoms with Crippen LogP contribution in [0, 0.1) is 6.92 Å². The predicted octanol–water partition coefficient (Wildman–Crippen LogP) is 5.04. The second-order valence-electron chi connectivity index (χ2n) is 7.17. The van der Waals surface area contributed by atoms with E-state index in [1.54, 1.807) is 0 Å². The quantitative estimate of drug-likeness (QED) is 0.746. The molecule has 0 heterocycles. The number of rotatable bonds is 7. The van der Waals surface area contributed by atoms with Crippen molar-refractivity contribution in [3.63, 3.8) is 0 Å². The molecule has 0 bridgehead atoms. The fourth-order valence-electron chi connectivity index (χ4n) is 3.44. The summed E-state index contributed by atoms with van der Waals surface area (Å²) in [5.74, 6) is 1.56. The third kappa shape index (κ3) is 5.49. The SMILES string of the molecule is CCOc1ccc(C(=O)NC2CCCCC2)cc1COc1ccc(C)cc1. The van der Waals surface area contributed by atoms with Crippen molar-refractivity contribution in [3.05, 3.63) is 59.2 Å². The molecule has 0 atom stereocenters. The van der Waals surface area contributed by atoms with Crippen LogP contribution < -0.4 is 14.8 Å². The maximum Gasteiger partial charge on any atom is 0.251 e. The Morgan fingerprint density at radius 3 is 2.48 bits per heavy atom. The number of carbonyl (C=O) groups excluding carboxylic acids is 1. The highest BCUT2D eigenvalue weighted by Gasteiger charge is 2.18. The van der Waals surface area contributed by atoms with Crippen molar-refractivity contribution in [1.82, 2.24) is 5.32 Å². The molecular weight excluding hydrogens is 338 g/mol. The average molecular weight is 367 g/mol. The summed E-state index contributed by atoms with van der Waals surface area (Å²) >= 11 is 0. The molecule has 1 aliphatic carbocycles. The summed E-state index contributed by atoms with van der Waals surface area (Å²) in [6.07, 6.45) is 5.82. The van der Waals surface area contributed by atoms with Crippen molar-refractivity contribution in [1.29, 1.82) is 0 Å². The second kappa shape index (κ2) is 9.45. The molecule has 0 radical (unpaired) electrons. The van der Waals surface area contributed by atoms with Crippen molar-refractivity contribution in [2.24, 2.45) is 0 Å². The number of amides is 1. The highest BCUT2D eigenvalue weighted by molar-refractivity contribution is 5.94. The van der Waals surface area contributed by atoms with E-state index in [4.69, 9.17) is 9.47 Å². The first-order chi connectivity index (χ1) is 13.2. The largest absolute Gasteiger partial charge is 0.493 e. The number of hydrogen-bond acceptors (Lipinski definition) is 3. The molecule has 0 unspecified atom stereocenters. The van der Waals surface area contributed by atoms with Crippen LogP contribution in [0.15, 0.2) is 42.5 Å². The lowest BCUT2D eigenvalue weighted by Gasteiger charge is -2.23. The Bertz CT molecular complexity index is 749. The molecule has 1 amide bonds. The Hall–Kier alpha value is -2.49. The van der Waals surface area contributed by atoms with Gasteiger partial charge in [0.1, 0.15) is 18.1 Å². The molecule has 144 valence electrons. The average Bonchev–Trinajstić information content (AvgIpc) is 2.69. The summed E-state index contributed by atoms with van der Waals surface area (Å²) in [5.41, 5.74) is 2.74. The lowest BCUT2D eigenvalue weighted by Crippen LogP contribution is -2.36. The molecule has 1 aliphatic rings. The highest BCUT2D eigenvalue weighted by Crippen LogP contribution is 2.24. The standard InChI is InChI=1S/C23H29NO3/c1-3-26-22-14-11-18(23(25)24-20-7-5-4-6-8-20)15-19(22)16-27-21-12-9-17(2)10-13-21/h9-15,20H,3-8,16H2,1-2H3,(H,24,25). The van der Waals surface area contributed by atoms with Crippen LogP contribution in [0.2, 0.25) is 0 Å². The van der Waals surface area contributed by atoms with E-state index in [0.717, 1.165) is 29.9 Å². The number of nitrogens with one attached hydrogen (secondary N) is 1. The maximum absolute atomic E-state index is 12.7. The summed E-state index contributed by atoms with van der Waals surface area (Å²) in [5, 5.41) is 3.17. The van der Waals surface area contributed by atoms with Gasteiger partial charge in [-0.2, -0.15) is 0 Å². The van der Waals surface area contributed by atoms with E-state index in [0.29, 0.717) is 24.8 Å². The maximum atomic E-state index is 12.7. The van der Waals surface area contributed by atoms with E-state index < -0.39 is 0 Å². The summed E-state index contributed by atoms with van der Waals surface area (Å²) in [6, 6.07) is 13.8. The molecule has 27 heavy (non-hydrogen) atoms. The number of aryl methyl sites for hydroxylation is 1. The molecule has 0 aromatic heterocycles. The number of carbonyl (C=O) groups is 1. The van der Waals surface area contributed by atoms with E-state index in [-0.39, 0.29) is 5.91 Å². The first-order valence-electron chi connectivity index (χ1n) is 9.91. The van der Waals surface area contributed by atoms with Gasteiger partial charge in [-0.25, -0.2) is 0 Å². The van der Waals surface area contributed by atoms with Crippen LogP contribution in [0.4, 0.5) is 0 Å². The van der Waals surface area contributed by atoms with Gasteiger partial charge in [0.25, 0.3) is 5.91 Å². The van der Waals surface area contributed by atoms with Gasteiger partial charge >= 0.3 is 0 Å². The first kappa shape index (κ1) is 19.3. The van der Waals surface area contributed by atoms with Gasteiger partial charge in [-0.1, -0.05) is 37.0 Å². The second-order valence-corrected chi connectivity index (χ2v) is 7.17. The van der Waals surface area contributed by atoms with Gasteiger partial charge in [-0.05, 0) is 57.0 Å². The Balaban J connectivity index is 1.71. The van der Waals surface area contributed by atoms with Gasteiger partial charge in [-0.3, -0.25) is 4.79 Å². The van der Waals surface area contributed by atoms with Crippen LogP contribution in [0.25, 0.3) is 0 Å². The van der Waals surface area contributed by atoms with Crippen molar-refractivity contribution in [2.75, 3.05) is 6.61 Å². The van der Waals surface area contributed by atoms with Crippen molar-refractivity contribution < 1.29 is 14.3 Å². The minimum atomic E-state index is -0.0125. The number of hydrogen-bond donors (Lipinski definition) is 1. The Morgan fingerprint density at radius 2 is 1.78 bits per heavy atom. The zero-order chi connectivity index (χ0) is 19.1. The minimum Gasteiger partial charge on any atom is -0.493 e. The molecule has 0 saturated heterocycles. The molecule has 2 aromatic carbocycles. The van der Waals surface area contributed by atoms with Gasteiger partial charge in [0.05, 0.1) is 6.61 Å². The third-order valence-corrected chi connectivity index (χ3v) is 4.98. The van der Waals surface area contributed by atoms with Crippen molar-refractivity contribution in [3.8, 4) is 11.5 Å².